The first kappa shape index (κ1) is 16.2. The normalized spacial score (nSPS) is 16.7. The topological polar surface area (TPSA) is 38.7 Å². The minimum absolute atomic E-state index is 0.499. The highest BCUT2D eigenvalue weighted by Crippen LogP contribution is 2.45. The van der Waals surface area contributed by atoms with E-state index in [1.807, 2.05) is 55.6 Å². The van der Waals surface area contributed by atoms with Gasteiger partial charge in [-0.2, -0.15) is 0 Å². The number of methoxy groups -OCH3 is 1. The lowest BCUT2D eigenvalue weighted by atomic mass is 9.88. The van der Waals surface area contributed by atoms with Crippen molar-refractivity contribution in [3.05, 3.63) is 65.0 Å². The molecule has 1 aliphatic rings. The van der Waals surface area contributed by atoms with Gasteiger partial charge in [0.2, 0.25) is 0 Å². The molecule has 1 atom stereocenters. The maximum absolute atomic E-state index is 11.2. The van der Waals surface area contributed by atoms with E-state index in [9.17, 15) is 5.11 Å². The molecule has 0 fully saturated rings. The summed E-state index contributed by atoms with van der Waals surface area (Å²) in [7, 11) is 1.64. The molecule has 2 heterocycles. The summed E-state index contributed by atoms with van der Waals surface area (Å²) in [4.78, 5) is 0. The van der Waals surface area contributed by atoms with Gasteiger partial charge in [0.1, 0.15) is 23.2 Å². The number of fused-ring (bicyclic) bond motifs is 2. The van der Waals surface area contributed by atoms with Crippen LogP contribution in [0.4, 0.5) is 0 Å². The van der Waals surface area contributed by atoms with Crippen molar-refractivity contribution >= 4 is 27.0 Å². The number of benzene rings is 2. The molecule has 1 aromatic heterocycles. The molecule has 25 heavy (non-hydrogen) atoms. The Hall–Kier alpha value is -2.30. The molecule has 1 aliphatic heterocycles. The molecule has 4 heteroatoms. The van der Waals surface area contributed by atoms with Crippen LogP contribution in [0.25, 0.3) is 15.7 Å². The van der Waals surface area contributed by atoms with Crippen LogP contribution in [-0.4, -0.2) is 17.8 Å². The lowest BCUT2D eigenvalue weighted by Gasteiger charge is -2.33. The zero-order valence-corrected chi connectivity index (χ0v) is 15.3. The number of aliphatic hydroxyl groups excluding tert-OH is 1. The number of hydrogen-bond donors (Lipinski definition) is 1. The maximum atomic E-state index is 11.2. The second kappa shape index (κ2) is 5.90. The lowest BCUT2D eigenvalue weighted by molar-refractivity contribution is 0.152. The highest BCUT2D eigenvalue weighted by atomic mass is 32.1. The summed E-state index contributed by atoms with van der Waals surface area (Å²) in [5, 5.41) is 14.3. The summed E-state index contributed by atoms with van der Waals surface area (Å²) in [6, 6.07) is 13.9. The summed E-state index contributed by atoms with van der Waals surface area (Å²) >= 11 is 1.66. The molecule has 1 unspecified atom stereocenters. The molecular formula is C21H20O3S. The molecule has 0 saturated heterocycles. The summed E-state index contributed by atoms with van der Waals surface area (Å²) in [6.45, 7) is 3.99. The predicted octanol–water partition coefficient (Wildman–Crippen LogP) is 5.20. The van der Waals surface area contributed by atoms with Gasteiger partial charge in [0.05, 0.1) is 7.11 Å². The highest BCUT2D eigenvalue weighted by Gasteiger charge is 2.31. The van der Waals surface area contributed by atoms with Gasteiger partial charge in [-0.15, -0.1) is 11.3 Å². The summed E-state index contributed by atoms with van der Waals surface area (Å²) < 4.78 is 12.6. The van der Waals surface area contributed by atoms with Crippen LogP contribution in [0.15, 0.2) is 53.9 Å². The van der Waals surface area contributed by atoms with E-state index in [0.717, 1.165) is 33.6 Å². The fraction of sp³-hybridized carbons (Fsp3) is 0.238. The van der Waals surface area contributed by atoms with Gasteiger partial charge >= 0.3 is 0 Å². The lowest BCUT2D eigenvalue weighted by Crippen LogP contribution is -2.30. The van der Waals surface area contributed by atoms with Gasteiger partial charge in [-0.25, -0.2) is 0 Å². The van der Waals surface area contributed by atoms with Gasteiger partial charge in [0.25, 0.3) is 0 Å². The highest BCUT2D eigenvalue weighted by molar-refractivity contribution is 7.17. The molecular weight excluding hydrogens is 332 g/mol. The molecule has 4 rings (SSSR count). The van der Waals surface area contributed by atoms with Crippen molar-refractivity contribution in [3.63, 3.8) is 0 Å². The Morgan fingerprint density at radius 3 is 2.76 bits per heavy atom. The summed E-state index contributed by atoms with van der Waals surface area (Å²) in [6.07, 6.45) is 1.31. The smallest absolute Gasteiger partial charge is 0.131 e. The molecule has 2 aromatic carbocycles. The third-order valence-corrected chi connectivity index (χ3v) is 5.46. The first-order chi connectivity index (χ1) is 12.0. The van der Waals surface area contributed by atoms with Gasteiger partial charge in [-0.3, -0.25) is 0 Å². The largest absolute Gasteiger partial charge is 0.497 e. The fourth-order valence-corrected chi connectivity index (χ4v) is 4.30. The number of aliphatic hydroxyl groups is 1. The third kappa shape index (κ3) is 2.81. The molecule has 0 amide bonds. The second-order valence-electron chi connectivity index (χ2n) is 6.76. The maximum Gasteiger partial charge on any atom is 0.131 e. The average Bonchev–Trinajstić information content (AvgIpc) is 3.03. The van der Waals surface area contributed by atoms with E-state index < -0.39 is 11.7 Å². The van der Waals surface area contributed by atoms with E-state index in [0.29, 0.717) is 0 Å². The first-order valence-corrected chi connectivity index (χ1v) is 9.11. The van der Waals surface area contributed by atoms with Gasteiger partial charge < -0.3 is 14.6 Å². The van der Waals surface area contributed by atoms with Crippen molar-refractivity contribution in [2.24, 2.45) is 0 Å². The zero-order valence-electron chi connectivity index (χ0n) is 14.4. The molecule has 128 valence electrons. The van der Waals surface area contributed by atoms with Crippen molar-refractivity contribution < 1.29 is 14.6 Å². The molecule has 3 aromatic rings. The van der Waals surface area contributed by atoms with E-state index in [-0.39, 0.29) is 0 Å². The van der Waals surface area contributed by atoms with Gasteiger partial charge in [0, 0.05) is 21.9 Å². The van der Waals surface area contributed by atoms with Crippen LogP contribution in [0.1, 0.15) is 31.1 Å². The minimum atomic E-state index is -0.702. The molecule has 0 aliphatic carbocycles. The molecule has 0 saturated carbocycles. The number of thiophene rings is 1. The molecule has 3 nitrogen and oxygen atoms in total. The van der Waals surface area contributed by atoms with Crippen LogP contribution < -0.4 is 9.47 Å². The SMILES string of the molecule is COc1ccc2c(c1)OC(C)(C)C=C2C(O)c1csc2ccccc12. The van der Waals surface area contributed by atoms with E-state index >= 15 is 0 Å². The Bertz CT molecular complexity index is 968. The average molecular weight is 352 g/mol. The van der Waals surface area contributed by atoms with E-state index in [2.05, 4.69) is 12.1 Å². The monoisotopic (exact) mass is 352 g/mol. The van der Waals surface area contributed by atoms with Crippen molar-refractivity contribution in [2.45, 2.75) is 25.6 Å². The van der Waals surface area contributed by atoms with Crippen LogP contribution in [0.5, 0.6) is 11.5 Å². The minimum Gasteiger partial charge on any atom is -0.497 e. The van der Waals surface area contributed by atoms with Crippen molar-refractivity contribution in [1.82, 2.24) is 0 Å². The Kier molecular flexibility index (Phi) is 3.82. The summed E-state index contributed by atoms with van der Waals surface area (Å²) in [5.74, 6) is 1.48. The standard InChI is InChI=1S/C21H20O3S/c1-21(2)11-16(14-9-8-13(23-3)10-18(14)24-21)20(22)17-12-25-19-7-5-4-6-15(17)19/h4-12,20,22H,1-3H3. The quantitative estimate of drug-likeness (QED) is 0.704. The Balaban J connectivity index is 1.84. The van der Waals surface area contributed by atoms with Crippen LogP contribution >= 0.6 is 11.3 Å². The van der Waals surface area contributed by atoms with Gasteiger partial charge in [-0.05, 0) is 54.5 Å². The number of hydrogen-bond acceptors (Lipinski definition) is 4. The van der Waals surface area contributed by atoms with Crippen LogP contribution in [0.3, 0.4) is 0 Å². The van der Waals surface area contributed by atoms with Gasteiger partial charge in [0.15, 0.2) is 0 Å². The third-order valence-electron chi connectivity index (χ3n) is 4.48. The second-order valence-corrected chi connectivity index (χ2v) is 7.67. The fourth-order valence-electron chi connectivity index (χ4n) is 3.32. The van der Waals surface area contributed by atoms with Crippen LogP contribution in [0.2, 0.25) is 0 Å². The van der Waals surface area contributed by atoms with Crippen molar-refractivity contribution in [3.8, 4) is 11.5 Å². The van der Waals surface area contributed by atoms with Crippen molar-refractivity contribution in [2.75, 3.05) is 7.11 Å². The molecule has 1 N–H and O–H groups in total. The Morgan fingerprint density at radius 1 is 1.16 bits per heavy atom. The molecule has 0 spiro atoms. The van der Waals surface area contributed by atoms with E-state index in [1.165, 1.54) is 4.70 Å². The number of rotatable bonds is 3. The van der Waals surface area contributed by atoms with E-state index in [1.54, 1.807) is 18.4 Å². The van der Waals surface area contributed by atoms with E-state index in [4.69, 9.17) is 9.47 Å². The Morgan fingerprint density at radius 2 is 1.96 bits per heavy atom. The van der Waals surface area contributed by atoms with Crippen LogP contribution in [-0.2, 0) is 0 Å². The first-order valence-electron chi connectivity index (χ1n) is 8.23. The van der Waals surface area contributed by atoms with Crippen LogP contribution in [0, 0.1) is 0 Å². The zero-order chi connectivity index (χ0) is 17.6. The van der Waals surface area contributed by atoms with Crippen molar-refractivity contribution in [1.29, 1.82) is 0 Å². The number of ether oxygens (including phenoxy) is 2. The predicted molar refractivity (Wildman–Crippen MR) is 102 cm³/mol. The van der Waals surface area contributed by atoms with Gasteiger partial charge in [-0.1, -0.05) is 18.2 Å². The molecule has 0 radical (unpaired) electrons. The summed E-state index contributed by atoms with van der Waals surface area (Å²) in [5.41, 5.74) is 2.22. The molecule has 0 bridgehead atoms. The Labute approximate surface area is 151 Å².